The normalized spacial score (nSPS) is 12.4. The molecule has 8 nitrogen and oxygen atoms in total. The Balaban J connectivity index is 1.47. The lowest BCUT2D eigenvalue weighted by molar-refractivity contribution is -0.692. The topological polar surface area (TPSA) is 91.5 Å². The van der Waals surface area contributed by atoms with Crippen LogP contribution in [0.2, 0.25) is 0 Å². The molecule has 1 atom stereocenters. The molecule has 0 aliphatic carbocycles. The van der Waals surface area contributed by atoms with E-state index in [1.165, 1.54) is 89.9 Å². The SMILES string of the molecule is CCCCCCCCCCCCCCCCCCOCC(CS(=O)(=O)CCCCCOCCCCC[n+]1ccsc1)Oc1ncccn1. The Morgan fingerprint density at radius 2 is 1.21 bits per heavy atom. The van der Waals surface area contributed by atoms with Gasteiger partial charge < -0.3 is 14.2 Å². The van der Waals surface area contributed by atoms with Gasteiger partial charge in [0.05, 0.1) is 23.5 Å². The minimum Gasteiger partial charge on any atom is -0.457 e. The van der Waals surface area contributed by atoms with Crippen molar-refractivity contribution in [3.8, 4) is 6.01 Å². The van der Waals surface area contributed by atoms with Crippen molar-refractivity contribution < 1.29 is 27.2 Å². The summed E-state index contributed by atoms with van der Waals surface area (Å²) in [4.78, 5) is 8.24. The number of hydrogen-bond acceptors (Lipinski definition) is 8. The standard InChI is InChI=1S/C38H68N3O5S2/c1-2-3-4-5-6-7-8-9-10-11-12-13-14-15-16-20-31-45-34-37(46-38-39-25-24-26-40-38)35-48(42,43)33-23-18-22-30-44-29-21-17-19-27-41-28-32-47-36-41/h24-26,28,32,36-37H,2-23,27,29-31,33-35H2,1H3/q+1. The molecule has 2 aromatic heterocycles. The van der Waals surface area contributed by atoms with Crippen molar-refractivity contribution in [2.45, 2.75) is 161 Å². The third-order valence-corrected chi connectivity index (χ3v) is 11.1. The average molecular weight is 711 g/mol. The van der Waals surface area contributed by atoms with Gasteiger partial charge in [0.1, 0.15) is 12.6 Å². The summed E-state index contributed by atoms with van der Waals surface area (Å²) in [7, 11) is -3.30. The highest BCUT2D eigenvalue weighted by molar-refractivity contribution is 7.91. The highest BCUT2D eigenvalue weighted by Gasteiger charge is 2.22. The second kappa shape index (κ2) is 30.2. The first-order chi connectivity index (χ1) is 23.6. The summed E-state index contributed by atoms with van der Waals surface area (Å²) in [5.74, 6) is 0.0479. The van der Waals surface area contributed by atoms with Crippen LogP contribution < -0.4 is 9.30 Å². The lowest BCUT2D eigenvalue weighted by Gasteiger charge is -2.18. The van der Waals surface area contributed by atoms with E-state index in [0.717, 1.165) is 58.1 Å². The van der Waals surface area contributed by atoms with Crippen LogP contribution in [0, 0.1) is 0 Å². The van der Waals surface area contributed by atoms with E-state index >= 15 is 0 Å². The Hall–Kier alpha value is -1.62. The fourth-order valence-electron chi connectivity index (χ4n) is 5.81. The van der Waals surface area contributed by atoms with Gasteiger partial charge in [-0.25, -0.2) is 18.4 Å². The van der Waals surface area contributed by atoms with Gasteiger partial charge in [-0.3, -0.25) is 0 Å². The number of rotatable bonds is 35. The van der Waals surface area contributed by atoms with Crippen LogP contribution in [0.15, 0.2) is 35.5 Å². The molecule has 1 unspecified atom stereocenters. The predicted molar refractivity (Wildman–Crippen MR) is 199 cm³/mol. The minimum absolute atomic E-state index is 0.0929. The number of hydrogen-bond donors (Lipinski definition) is 0. The van der Waals surface area contributed by atoms with Gasteiger partial charge in [-0.2, -0.15) is 4.57 Å². The van der Waals surface area contributed by atoms with E-state index in [1.54, 1.807) is 29.8 Å². The zero-order valence-corrected chi connectivity index (χ0v) is 31.9. The van der Waals surface area contributed by atoms with Crippen molar-refractivity contribution >= 4 is 21.2 Å². The first-order valence-corrected chi connectivity index (χ1v) is 22.1. The Morgan fingerprint density at radius 3 is 1.77 bits per heavy atom. The predicted octanol–water partition coefficient (Wildman–Crippen LogP) is 9.32. The lowest BCUT2D eigenvalue weighted by Crippen LogP contribution is -2.33. The molecule has 2 aromatic rings. The number of nitrogens with zero attached hydrogens (tertiary/aromatic N) is 3. The number of thiazole rings is 1. The molecule has 10 heteroatoms. The zero-order valence-electron chi connectivity index (χ0n) is 30.2. The van der Waals surface area contributed by atoms with Crippen LogP contribution in [0.3, 0.4) is 0 Å². The third kappa shape index (κ3) is 25.4. The number of aromatic nitrogens is 3. The molecule has 0 amide bonds. The quantitative estimate of drug-likeness (QED) is 0.0520. The molecule has 0 aliphatic heterocycles. The van der Waals surface area contributed by atoms with Crippen LogP contribution in [-0.2, 0) is 25.9 Å². The second-order valence-electron chi connectivity index (χ2n) is 13.3. The molecule has 0 N–H and O–H groups in total. The summed E-state index contributed by atoms with van der Waals surface area (Å²) in [6.45, 7) is 5.63. The molecular formula is C38H68N3O5S2+. The molecule has 0 bridgehead atoms. The molecule has 0 aromatic carbocycles. The molecule has 48 heavy (non-hydrogen) atoms. The van der Waals surface area contributed by atoms with E-state index in [1.807, 2.05) is 0 Å². The molecule has 0 radical (unpaired) electrons. The molecule has 0 fully saturated rings. The number of sulfone groups is 1. The summed E-state index contributed by atoms with van der Waals surface area (Å²) in [5, 5.41) is 2.10. The van der Waals surface area contributed by atoms with Crippen LogP contribution in [0.4, 0.5) is 0 Å². The van der Waals surface area contributed by atoms with E-state index in [-0.39, 0.29) is 24.1 Å². The van der Waals surface area contributed by atoms with E-state index in [9.17, 15) is 8.42 Å². The van der Waals surface area contributed by atoms with Gasteiger partial charge in [-0.15, -0.1) is 0 Å². The van der Waals surface area contributed by atoms with E-state index in [4.69, 9.17) is 14.2 Å². The maximum Gasteiger partial charge on any atom is 0.316 e. The molecule has 0 spiro atoms. The number of aryl methyl sites for hydroxylation is 1. The first kappa shape index (κ1) is 42.5. The van der Waals surface area contributed by atoms with Gasteiger partial charge in [0.25, 0.3) is 0 Å². The van der Waals surface area contributed by atoms with Crippen molar-refractivity contribution in [3.05, 3.63) is 35.5 Å². The van der Waals surface area contributed by atoms with Gasteiger partial charge in [0.15, 0.2) is 16.0 Å². The molecule has 0 saturated heterocycles. The Bertz CT molecular complexity index is 1060. The molecule has 2 rings (SSSR count). The second-order valence-corrected chi connectivity index (χ2v) is 16.2. The largest absolute Gasteiger partial charge is 0.457 e. The fraction of sp³-hybridized carbons (Fsp3) is 0.816. The van der Waals surface area contributed by atoms with Crippen molar-refractivity contribution in [3.63, 3.8) is 0 Å². The van der Waals surface area contributed by atoms with Crippen LogP contribution in [-0.4, -0.2) is 62.4 Å². The lowest BCUT2D eigenvalue weighted by atomic mass is 10.0. The fourth-order valence-corrected chi connectivity index (χ4v) is 7.98. The van der Waals surface area contributed by atoms with Gasteiger partial charge in [-0.1, -0.05) is 121 Å². The third-order valence-electron chi connectivity index (χ3n) is 8.68. The highest BCUT2D eigenvalue weighted by Crippen LogP contribution is 2.14. The molecule has 2 heterocycles. The summed E-state index contributed by atoms with van der Waals surface area (Å²) < 4.78 is 45.6. The van der Waals surface area contributed by atoms with Crippen molar-refractivity contribution in [2.75, 3.05) is 37.9 Å². The minimum atomic E-state index is -3.30. The summed E-state index contributed by atoms with van der Waals surface area (Å²) in [6.07, 6.45) is 31.7. The summed E-state index contributed by atoms with van der Waals surface area (Å²) in [5.41, 5.74) is 2.14. The van der Waals surface area contributed by atoms with Crippen molar-refractivity contribution in [1.29, 1.82) is 0 Å². The summed E-state index contributed by atoms with van der Waals surface area (Å²) >= 11 is 1.72. The Labute approximate surface area is 297 Å². The van der Waals surface area contributed by atoms with Crippen LogP contribution in [0.1, 0.15) is 148 Å². The summed E-state index contributed by atoms with van der Waals surface area (Å²) in [6, 6.07) is 1.90. The van der Waals surface area contributed by atoms with Crippen molar-refractivity contribution in [1.82, 2.24) is 9.97 Å². The van der Waals surface area contributed by atoms with Gasteiger partial charge in [0.2, 0.25) is 5.51 Å². The maximum atomic E-state index is 12.9. The number of unbranched alkanes of at least 4 members (excludes halogenated alkanes) is 19. The zero-order chi connectivity index (χ0) is 34.2. The van der Waals surface area contributed by atoms with Crippen LogP contribution >= 0.6 is 11.3 Å². The average Bonchev–Trinajstić information content (AvgIpc) is 3.60. The molecular weight excluding hydrogens is 643 g/mol. The van der Waals surface area contributed by atoms with Crippen LogP contribution in [0.5, 0.6) is 6.01 Å². The molecule has 0 saturated carbocycles. The number of ether oxygens (including phenoxy) is 3. The monoisotopic (exact) mass is 710 g/mol. The first-order valence-electron chi connectivity index (χ1n) is 19.3. The molecule has 276 valence electrons. The van der Waals surface area contributed by atoms with Crippen LogP contribution in [0.25, 0.3) is 0 Å². The van der Waals surface area contributed by atoms with Crippen molar-refractivity contribution in [2.24, 2.45) is 0 Å². The smallest absolute Gasteiger partial charge is 0.316 e. The van der Waals surface area contributed by atoms with Gasteiger partial charge in [0, 0.05) is 38.6 Å². The van der Waals surface area contributed by atoms with Gasteiger partial charge in [-0.05, 0) is 38.2 Å². The highest BCUT2D eigenvalue weighted by atomic mass is 32.2. The maximum absolute atomic E-state index is 12.9. The van der Waals surface area contributed by atoms with E-state index < -0.39 is 15.9 Å². The Kier molecular flexibility index (Phi) is 26.8. The van der Waals surface area contributed by atoms with E-state index in [0.29, 0.717) is 19.6 Å². The van der Waals surface area contributed by atoms with Gasteiger partial charge >= 0.3 is 6.01 Å². The molecule has 0 aliphatic rings. The van der Waals surface area contributed by atoms with E-state index in [2.05, 4.69) is 38.5 Å². The Morgan fingerprint density at radius 1 is 0.688 bits per heavy atom.